The Kier molecular flexibility index (Phi) is 14.7. The molecule has 410 valence electrons. The minimum absolute atomic E-state index is 0.0213. The van der Waals surface area contributed by atoms with E-state index in [1.807, 2.05) is 92.0 Å². The van der Waals surface area contributed by atoms with E-state index in [1.54, 1.807) is 68.6 Å². The lowest BCUT2D eigenvalue weighted by atomic mass is 9.85. The van der Waals surface area contributed by atoms with Gasteiger partial charge < -0.3 is 30.6 Å². The quantitative estimate of drug-likeness (QED) is 0.0739. The van der Waals surface area contributed by atoms with Crippen LogP contribution in [0, 0.1) is 22.5 Å². The molecule has 10 rings (SSSR count). The highest BCUT2D eigenvalue weighted by Crippen LogP contribution is 2.43. The van der Waals surface area contributed by atoms with Gasteiger partial charge in [0.05, 0.1) is 35.2 Å². The van der Waals surface area contributed by atoms with E-state index < -0.39 is 71.0 Å². The van der Waals surface area contributed by atoms with Gasteiger partial charge in [0, 0.05) is 66.6 Å². The van der Waals surface area contributed by atoms with E-state index in [-0.39, 0.29) is 55.4 Å². The molecule has 4 amide bonds. The maximum absolute atomic E-state index is 16.4. The molecule has 2 aromatic heterocycles. The van der Waals surface area contributed by atoms with Crippen molar-refractivity contribution < 1.29 is 42.9 Å². The number of β-amino-alcohol motifs (C(OH)–C–C–N with tert-alkyl or cyclic N) is 2. The van der Waals surface area contributed by atoms with Crippen molar-refractivity contribution in [3.63, 3.8) is 0 Å². The first-order chi connectivity index (χ1) is 37.0. The number of aliphatic hydroxyl groups is 2. The molecule has 0 radical (unpaired) electrons. The maximum atomic E-state index is 16.4. The molecule has 0 unspecified atom stereocenters. The summed E-state index contributed by atoms with van der Waals surface area (Å²) in [7, 11) is 0. The Labute approximate surface area is 453 Å². The van der Waals surface area contributed by atoms with Gasteiger partial charge in [-0.15, -0.1) is 9.78 Å². The molecule has 4 aromatic carbocycles. The van der Waals surface area contributed by atoms with Crippen LogP contribution < -0.4 is 15.3 Å². The van der Waals surface area contributed by atoms with Crippen LogP contribution in [-0.4, -0.2) is 106 Å². The average molecular weight is 1070 g/mol. The lowest BCUT2D eigenvalue weighted by Crippen LogP contribution is -2.58. The second-order valence-electron chi connectivity index (χ2n) is 24.2. The fourth-order valence-corrected chi connectivity index (χ4v) is 11.3. The summed E-state index contributed by atoms with van der Waals surface area (Å²) in [4.78, 5) is 60.1. The first-order valence-electron chi connectivity index (χ1n) is 27.3. The smallest absolute Gasteiger partial charge is 0.271 e. The molecule has 4 heterocycles. The van der Waals surface area contributed by atoms with E-state index in [1.165, 1.54) is 21.9 Å². The predicted molar refractivity (Wildman–Crippen MR) is 287 cm³/mol. The molecule has 4 fully saturated rings. The summed E-state index contributed by atoms with van der Waals surface area (Å²) in [6, 6.07) is 21.5. The lowest BCUT2D eigenvalue weighted by molar-refractivity contribution is -0.776. The number of rotatable bonds is 15. The van der Waals surface area contributed by atoms with Gasteiger partial charge >= 0.3 is 0 Å². The maximum Gasteiger partial charge on any atom is 0.271 e. The number of nitrogens with one attached hydrogen (secondary N) is 2. The van der Waals surface area contributed by atoms with Gasteiger partial charge in [0.2, 0.25) is 23.8 Å². The van der Waals surface area contributed by atoms with Crippen molar-refractivity contribution in [2.45, 2.75) is 154 Å². The zero-order chi connectivity index (χ0) is 55.5. The largest absolute Gasteiger partial charge is 0.391 e. The zero-order valence-corrected chi connectivity index (χ0v) is 45.6. The van der Waals surface area contributed by atoms with Crippen LogP contribution in [0.5, 0.6) is 0 Å². The summed E-state index contributed by atoms with van der Waals surface area (Å²) >= 11 is 0. The van der Waals surface area contributed by atoms with E-state index in [2.05, 4.69) is 20.9 Å². The van der Waals surface area contributed by atoms with Crippen molar-refractivity contribution in [1.29, 1.82) is 0 Å². The molecule has 4 aliphatic rings. The number of halogens is 2. The Morgan fingerprint density at radius 1 is 0.667 bits per heavy atom. The van der Waals surface area contributed by atoms with Gasteiger partial charge in [-0.1, -0.05) is 118 Å². The van der Waals surface area contributed by atoms with Gasteiger partial charge in [0.15, 0.2) is 17.6 Å². The minimum atomic E-state index is -0.949. The van der Waals surface area contributed by atoms with Crippen LogP contribution in [0.3, 0.4) is 0 Å². The Morgan fingerprint density at radius 3 is 1.69 bits per heavy atom. The molecule has 18 heteroatoms. The molecule has 2 aliphatic carbocycles. The molecule has 0 bridgehead atoms. The number of likely N-dealkylation sites (tertiary alicyclic amines) is 2. The molecule has 8 atom stereocenters. The Hall–Kier alpha value is -7.18. The van der Waals surface area contributed by atoms with Gasteiger partial charge in [0.1, 0.15) is 29.8 Å². The first-order valence-corrected chi connectivity index (χ1v) is 27.3. The number of carbonyl (C=O) groups excluding carboxylic acids is 4. The first kappa shape index (κ1) is 54.2. The zero-order valence-electron chi connectivity index (χ0n) is 45.6. The van der Waals surface area contributed by atoms with E-state index >= 15 is 4.39 Å². The summed E-state index contributed by atoms with van der Waals surface area (Å²) in [5.74, 6) is -1.79. The van der Waals surface area contributed by atoms with Crippen LogP contribution in [0.4, 0.5) is 8.78 Å². The number of hydrogen-bond acceptors (Lipinski definition) is 9. The van der Waals surface area contributed by atoms with Gasteiger partial charge in [-0.05, 0) is 85.4 Å². The Morgan fingerprint density at radius 2 is 1.19 bits per heavy atom. The molecule has 0 spiro atoms. The molecule has 6 aromatic rings. The Balaban J connectivity index is 0.818. The van der Waals surface area contributed by atoms with Crippen LogP contribution >= 0.6 is 0 Å². The summed E-state index contributed by atoms with van der Waals surface area (Å²) in [5, 5.41) is 41.4. The van der Waals surface area contributed by atoms with Gasteiger partial charge in [0.25, 0.3) is 5.91 Å². The van der Waals surface area contributed by atoms with Crippen molar-refractivity contribution >= 4 is 23.6 Å². The van der Waals surface area contributed by atoms with Gasteiger partial charge in [-0.2, -0.15) is 0 Å². The van der Waals surface area contributed by atoms with Crippen molar-refractivity contribution in [1.82, 2.24) is 45.3 Å². The third-order valence-corrected chi connectivity index (χ3v) is 15.8. The monoisotopic (exact) mass is 1070 g/mol. The third-order valence-electron chi connectivity index (χ3n) is 15.8. The molecule has 78 heavy (non-hydrogen) atoms. The molecular formula is C60H71F2N10O6+. The fraction of sp³-hybridized carbons (Fsp3) is 0.467. The average Bonchev–Trinajstić information content (AvgIpc) is 4.24. The second-order valence-corrected chi connectivity index (χ2v) is 24.2. The molecule has 2 saturated carbocycles. The number of nitrogens with zero attached hydrogens (tertiary/aromatic N) is 8. The molecule has 2 aliphatic heterocycles. The predicted octanol–water partition coefficient (Wildman–Crippen LogP) is 7.97. The summed E-state index contributed by atoms with van der Waals surface area (Å²) in [6.45, 7) is 15.3. The number of aliphatic hydroxyl groups excluding tert-OH is 2. The molecule has 2 saturated heterocycles. The van der Waals surface area contributed by atoms with Crippen LogP contribution in [0.25, 0.3) is 27.9 Å². The highest BCUT2D eigenvalue weighted by Gasteiger charge is 2.50. The van der Waals surface area contributed by atoms with Crippen LogP contribution in [0.15, 0.2) is 103 Å². The third kappa shape index (κ3) is 11.2. The number of carbonyl (C=O) groups is 4. The molecule has 4 N–H and O–H groups in total. The molecule has 16 nitrogen and oxygen atoms in total. The highest BCUT2D eigenvalue weighted by atomic mass is 19.1. The van der Waals surface area contributed by atoms with Crippen LogP contribution in [0.2, 0.25) is 0 Å². The van der Waals surface area contributed by atoms with E-state index in [0.717, 1.165) is 48.2 Å². The van der Waals surface area contributed by atoms with Crippen LogP contribution in [0.1, 0.15) is 152 Å². The standard InChI is InChI=1S/C60H70F2N10O6/c1-34(36-13-17-38(18-14-36)45-11-9-10-12-47(45)61)64-56(76)51-29-44(74)31-69(51)58(78)54(60(6,7)8)71-33-52(41-23-24-41)72(67-71)42-25-26-46(48(62)27-42)39-19-15-37(16-20-39)35(2)63-55(75)50-28-43(73)30-68(50)57(77)53(59(3,4)5)70-32-49(65-66-70)40-21-22-40/h9-20,25-27,32-35,40-41,43-44,50-51,53-54,73-74H,21-24,28-31H2,1-8H3,(H-,63,64,75,76)/p+1/t34-,35+,43-,44-,50+,51+,53-,54-/m1/s1. The van der Waals surface area contributed by atoms with Crippen molar-refractivity contribution in [3.05, 3.63) is 138 Å². The van der Waals surface area contributed by atoms with E-state index in [4.69, 9.17) is 5.21 Å². The van der Waals surface area contributed by atoms with Gasteiger partial charge in [-0.25, -0.2) is 13.5 Å². The second kappa shape index (κ2) is 21.2. The number of aromatic nitrogens is 6. The summed E-state index contributed by atoms with van der Waals surface area (Å²) in [5.41, 5.74) is 4.56. The van der Waals surface area contributed by atoms with E-state index in [0.29, 0.717) is 33.9 Å². The van der Waals surface area contributed by atoms with E-state index in [9.17, 15) is 33.8 Å². The summed E-state index contributed by atoms with van der Waals surface area (Å²) < 4.78 is 35.8. The lowest BCUT2D eigenvalue weighted by Gasteiger charge is -2.34. The van der Waals surface area contributed by atoms with Crippen LogP contribution in [-0.2, 0) is 19.2 Å². The molecular weight excluding hydrogens is 995 g/mol. The van der Waals surface area contributed by atoms with Crippen molar-refractivity contribution in [2.24, 2.45) is 10.8 Å². The number of amides is 4. The Bertz CT molecular complexity index is 3210. The minimum Gasteiger partial charge on any atom is -0.391 e. The fourth-order valence-electron chi connectivity index (χ4n) is 11.3. The highest BCUT2D eigenvalue weighted by molar-refractivity contribution is 5.91. The number of hydrogen-bond donors (Lipinski definition) is 4. The normalized spacial score (nSPS) is 21.3. The summed E-state index contributed by atoms with van der Waals surface area (Å²) in [6.07, 6.45) is 5.93. The van der Waals surface area contributed by atoms with Gasteiger partial charge in [-0.3, -0.25) is 19.2 Å². The topological polar surface area (TPSA) is 192 Å². The van der Waals surface area contributed by atoms with Crippen molar-refractivity contribution in [2.75, 3.05) is 13.1 Å². The SMILES string of the molecule is C[C@H](NC(=O)[C@@H]1C[C@@H](O)CN1C(=O)[C@@H](n1cc(C2CC2)nn1)C(C)(C)C)c1ccc(-c2ccc(-n3n[n+]([C@H](C(=O)N4C[C@H](O)C[C@H]4C(=O)N[C@H](C)c4ccc(-c5ccccc5F)cc4)C(C)(C)C)cc3C3CC3)cc2F)cc1. The number of benzene rings is 4. The van der Waals surface area contributed by atoms with Crippen molar-refractivity contribution in [3.8, 4) is 27.9 Å².